The van der Waals surface area contributed by atoms with E-state index in [4.69, 9.17) is 14.2 Å². The third kappa shape index (κ3) is 4.42. The molecule has 0 saturated carbocycles. The smallest absolute Gasteiger partial charge is 0.337 e. The Morgan fingerprint density at radius 2 is 1.77 bits per heavy atom. The first-order chi connectivity index (χ1) is 16.8. The molecule has 0 fully saturated rings. The number of thiazole rings is 1. The molecule has 0 radical (unpaired) electrons. The number of aromatic nitrogens is 1. The molecule has 0 aliphatic carbocycles. The molecule has 2 heterocycles. The molecule has 4 rings (SSSR count). The van der Waals surface area contributed by atoms with Gasteiger partial charge >= 0.3 is 5.97 Å². The monoisotopic (exact) mass is 492 g/mol. The molecular formula is C26H24N2O6S. The summed E-state index contributed by atoms with van der Waals surface area (Å²) in [6, 6.07) is 11.3. The number of rotatable bonds is 6. The van der Waals surface area contributed by atoms with Gasteiger partial charge in [0.1, 0.15) is 11.5 Å². The van der Waals surface area contributed by atoms with Crippen molar-refractivity contribution in [3.63, 3.8) is 0 Å². The number of hydrogen-bond donors (Lipinski definition) is 0. The molecule has 8 nitrogen and oxygen atoms in total. The zero-order valence-electron chi connectivity index (χ0n) is 19.9. The van der Waals surface area contributed by atoms with E-state index in [1.54, 1.807) is 62.6 Å². The van der Waals surface area contributed by atoms with Gasteiger partial charge in [-0.05, 0) is 49.8 Å². The third-order valence-electron chi connectivity index (χ3n) is 5.77. The number of allylic oxidation sites excluding steroid dienone is 2. The number of Topliss-reactive ketones (excluding diaryl/α,β-unsaturated/α-hetero) is 1. The summed E-state index contributed by atoms with van der Waals surface area (Å²) in [6.07, 6.45) is 1.74. The molecule has 1 aliphatic rings. The highest BCUT2D eigenvalue weighted by Crippen LogP contribution is 2.37. The molecule has 0 spiro atoms. The van der Waals surface area contributed by atoms with Crippen LogP contribution in [0.3, 0.4) is 0 Å². The molecule has 0 bridgehead atoms. The van der Waals surface area contributed by atoms with E-state index in [-0.39, 0.29) is 11.3 Å². The molecular weight excluding hydrogens is 468 g/mol. The minimum atomic E-state index is -0.701. The first-order valence-corrected chi connectivity index (χ1v) is 11.5. The summed E-state index contributed by atoms with van der Waals surface area (Å²) in [6.45, 7) is 3.23. The van der Waals surface area contributed by atoms with E-state index in [2.05, 4.69) is 4.99 Å². The fraction of sp³-hybridized carbons (Fsp3) is 0.231. The SMILES string of the molecule is COC(=O)c1ccc(/C=c2\sc3n(c2=O)[C@H](c2ccc(OC)cc2OC)C(C(C)=O)=C(C)N=3)cc1. The highest BCUT2D eigenvalue weighted by Gasteiger charge is 2.32. The van der Waals surface area contributed by atoms with Gasteiger partial charge in [0.2, 0.25) is 0 Å². The van der Waals surface area contributed by atoms with Crippen LogP contribution in [0, 0.1) is 0 Å². The standard InChI is InChI=1S/C26H24N2O6S/c1-14-22(15(2)29)23(19-11-10-18(32-3)13-20(19)33-4)28-24(30)21(35-26(28)27-14)12-16-6-8-17(9-7-16)25(31)34-5/h6-13,23H,1-5H3/b21-12-/t23-/m1/s1. The third-order valence-corrected chi connectivity index (χ3v) is 6.75. The second kappa shape index (κ2) is 9.71. The summed E-state index contributed by atoms with van der Waals surface area (Å²) < 4.78 is 17.6. The van der Waals surface area contributed by atoms with Gasteiger partial charge in [0.15, 0.2) is 10.6 Å². The lowest BCUT2D eigenvalue weighted by Crippen LogP contribution is -2.39. The van der Waals surface area contributed by atoms with Gasteiger partial charge in [-0.3, -0.25) is 14.2 Å². The van der Waals surface area contributed by atoms with Crippen LogP contribution in [-0.2, 0) is 9.53 Å². The van der Waals surface area contributed by atoms with Crippen molar-refractivity contribution >= 4 is 29.2 Å². The highest BCUT2D eigenvalue weighted by molar-refractivity contribution is 7.07. The van der Waals surface area contributed by atoms with Gasteiger partial charge in [0, 0.05) is 22.9 Å². The number of ketones is 1. The van der Waals surface area contributed by atoms with Crippen LogP contribution < -0.4 is 24.4 Å². The Morgan fingerprint density at radius 1 is 1.06 bits per heavy atom. The van der Waals surface area contributed by atoms with Crippen molar-refractivity contribution in [1.82, 2.24) is 4.57 Å². The molecule has 0 unspecified atom stereocenters. The quantitative estimate of drug-likeness (QED) is 0.491. The number of fused-ring (bicyclic) bond motifs is 1. The van der Waals surface area contributed by atoms with Crippen molar-refractivity contribution in [3.8, 4) is 11.5 Å². The first-order valence-electron chi connectivity index (χ1n) is 10.7. The first kappa shape index (κ1) is 24.2. The summed E-state index contributed by atoms with van der Waals surface area (Å²) in [5, 5.41) is 0. The molecule has 0 N–H and O–H groups in total. The minimum absolute atomic E-state index is 0.179. The molecule has 35 heavy (non-hydrogen) atoms. The Kier molecular flexibility index (Phi) is 6.70. The van der Waals surface area contributed by atoms with Crippen molar-refractivity contribution in [2.75, 3.05) is 21.3 Å². The number of nitrogens with zero attached hydrogens (tertiary/aromatic N) is 2. The lowest BCUT2D eigenvalue weighted by Gasteiger charge is -2.26. The number of methoxy groups -OCH3 is 3. The molecule has 9 heteroatoms. The van der Waals surface area contributed by atoms with Crippen LogP contribution in [-0.4, -0.2) is 37.6 Å². The van der Waals surface area contributed by atoms with Gasteiger partial charge in [-0.15, -0.1) is 0 Å². The number of ether oxygens (including phenoxy) is 3. The summed E-state index contributed by atoms with van der Waals surface area (Å²) in [7, 11) is 4.41. The normalized spacial score (nSPS) is 15.3. The van der Waals surface area contributed by atoms with Gasteiger partial charge in [-0.25, -0.2) is 9.79 Å². The van der Waals surface area contributed by atoms with Crippen molar-refractivity contribution in [2.45, 2.75) is 19.9 Å². The summed E-state index contributed by atoms with van der Waals surface area (Å²) in [4.78, 5) is 43.1. The topological polar surface area (TPSA) is 96.2 Å². The van der Waals surface area contributed by atoms with Gasteiger partial charge in [0.05, 0.1) is 37.5 Å². The molecule has 0 saturated heterocycles. The number of carbonyl (C=O) groups is 2. The van der Waals surface area contributed by atoms with Crippen LogP contribution in [0.25, 0.3) is 6.08 Å². The van der Waals surface area contributed by atoms with Crippen molar-refractivity contribution < 1.29 is 23.8 Å². The van der Waals surface area contributed by atoms with E-state index in [1.165, 1.54) is 37.0 Å². The largest absolute Gasteiger partial charge is 0.497 e. The van der Waals surface area contributed by atoms with Crippen LogP contribution in [0.2, 0.25) is 0 Å². The van der Waals surface area contributed by atoms with Crippen molar-refractivity contribution in [1.29, 1.82) is 0 Å². The van der Waals surface area contributed by atoms with Gasteiger partial charge in [0.25, 0.3) is 5.56 Å². The average Bonchev–Trinajstić information content (AvgIpc) is 3.16. The predicted octanol–water partition coefficient (Wildman–Crippen LogP) is 2.63. The number of esters is 1. The van der Waals surface area contributed by atoms with Gasteiger partial charge < -0.3 is 14.2 Å². The van der Waals surface area contributed by atoms with E-state index >= 15 is 0 Å². The summed E-state index contributed by atoms with van der Waals surface area (Å²) in [5.74, 6) is 0.479. The van der Waals surface area contributed by atoms with Crippen LogP contribution in [0.5, 0.6) is 11.5 Å². The van der Waals surface area contributed by atoms with Crippen LogP contribution in [0.4, 0.5) is 0 Å². The molecule has 1 aliphatic heterocycles. The second-order valence-corrected chi connectivity index (χ2v) is 8.87. The lowest BCUT2D eigenvalue weighted by molar-refractivity contribution is -0.114. The van der Waals surface area contributed by atoms with Crippen LogP contribution in [0.15, 0.2) is 63.5 Å². The van der Waals surface area contributed by atoms with E-state index in [9.17, 15) is 14.4 Å². The maximum atomic E-state index is 13.6. The Bertz CT molecular complexity index is 1530. The molecule has 1 aromatic heterocycles. The Morgan fingerprint density at radius 3 is 2.37 bits per heavy atom. The minimum Gasteiger partial charge on any atom is -0.497 e. The second-order valence-electron chi connectivity index (χ2n) is 7.86. The Balaban J connectivity index is 1.92. The Labute approximate surface area is 205 Å². The van der Waals surface area contributed by atoms with Gasteiger partial charge in [-0.1, -0.05) is 23.5 Å². The lowest BCUT2D eigenvalue weighted by atomic mass is 9.92. The fourth-order valence-corrected chi connectivity index (χ4v) is 5.14. The van der Waals surface area contributed by atoms with E-state index < -0.39 is 12.0 Å². The number of hydrogen-bond acceptors (Lipinski definition) is 8. The number of benzene rings is 2. The van der Waals surface area contributed by atoms with Gasteiger partial charge in [-0.2, -0.15) is 0 Å². The van der Waals surface area contributed by atoms with Crippen LogP contribution in [0.1, 0.15) is 41.4 Å². The highest BCUT2D eigenvalue weighted by atomic mass is 32.1. The zero-order chi connectivity index (χ0) is 25.3. The van der Waals surface area contributed by atoms with E-state index in [1.807, 2.05) is 0 Å². The average molecular weight is 493 g/mol. The molecule has 1 atom stereocenters. The van der Waals surface area contributed by atoms with E-state index in [0.29, 0.717) is 43.2 Å². The summed E-state index contributed by atoms with van der Waals surface area (Å²) in [5.41, 5.74) is 2.51. The number of carbonyl (C=O) groups excluding carboxylic acids is 2. The summed E-state index contributed by atoms with van der Waals surface area (Å²) >= 11 is 1.23. The predicted molar refractivity (Wildman–Crippen MR) is 132 cm³/mol. The molecule has 0 amide bonds. The fourth-order valence-electron chi connectivity index (χ4n) is 4.09. The molecule has 2 aromatic carbocycles. The van der Waals surface area contributed by atoms with E-state index in [0.717, 1.165) is 5.56 Å². The molecule has 180 valence electrons. The maximum absolute atomic E-state index is 13.6. The van der Waals surface area contributed by atoms with Crippen LogP contribution >= 0.6 is 11.3 Å². The molecule has 3 aromatic rings. The van der Waals surface area contributed by atoms with Crippen molar-refractivity contribution in [3.05, 3.63) is 90.1 Å². The van der Waals surface area contributed by atoms with Crippen molar-refractivity contribution in [2.24, 2.45) is 4.99 Å². The maximum Gasteiger partial charge on any atom is 0.337 e. The Hall–Kier alpha value is -3.98. The zero-order valence-corrected chi connectivity index (χ0v) is 20.8.